The third kappa shape index (κ3) is 4.68. The van der Waals surface area contributed by atoms with Gasteiger partial charge in [0.25, 0.3) is 5.91 Å². The zero-order chi connectivity index (χ0) is 17.5. The number of benzene rings is 1. The summed E-state index contributed by atoms with van der Waals surface area (Å²) in [5.41, 5.74) is 0.854. The minimum atomic E-state index is -0.292. The van der Waals surface area contributed by atoms with Crippen LogP contribution in [0.3, 0.4) is 0 Å². The highest BCUT2D eigenvalue weighted by Crippen LogP contribution is 2.16. The van der Waals surface area contributed by atoms with Crippen molar-refractivity contribution >= 4 is 34.9 Å². The van der Waals surface area contributed by atoms with Gasteiger partial charge in [-0.2, -0.15) is 0 Å². The van der Waals surface area contributed by atoms with Crippen molar-refractivity contribution in [1.29, 1.82) is 0 Å². The molecule has 2 aromatic heterocycles. The summed E-state index contributed by atoms with van der Waals surface area (Å²) in [6.07, 6.45) is 4.73. The lowest BCUT2D eigenvalue weighted by Gasteiger charge is -2.09. The van der Waals surface area contributed by atoms with Crippen LogP contribution in [-0.4, -0.2) is 11.8 Å². The molecule has 1 aromatic carbocycles. The fourth-order valence-corrected chi connectivity index (χ4v) is 2.80. The van der Waals surface area contributed by atoms with E-state index in [2.05, 4.69) is 10.6 Å². The lowest BCUT2D eigenvalue weighted by atomic mass is 10.1. The Bertz CT molecular complexity index is 868. The predicted molar refractivity (Wildman–Crippen MR) is 98.3 cm³/mol. The summed E-state index contributed by atoms with van der Waals surface area (Å²) in [4.78, 5) is 25.4. The molecule has 2 amide bonds. The number of thiophene rings is 1. The average Bonchev–Trinajstić information content (AvgIpc) is 3.32. The smallest absolute Gasteiger partial charge is 0.253 e. The highest BCUT2D eigenvalue weighted by Gasteiger charge is 2.12. The van der Waals surface area contributed by atoms with Gasteiger partial charge >= 0.3 is 0 Å². The summed E-state index contributed by atoms with van der Waals surface area (Å²) >= 11 is 1.54. The van der Waals surface area contributed by atoms with E-state index >= 15 is 0 Å². The van der Waals surface area contributed by atoms with E-state index in [0.29, 0.717) is 17.0 Å². The first-order valence-electron chi connectivity index (χ1n) is 7.64. The molecule has 6 heteroatoms. The lowest BCUT2D eigenvalue weighted by Crippen LogP contribution is -2.24. The molecule has 0 spiro atoms. The van der Waals surface area contributed by atoms with Crippen molar-refractivity contribution in [2.75, 3.05) is 5.32 Å². The van der Waals surface area contributed by atoms with Crippen molar-refractivity contribution < 1.29 is 14.0 Å². The molecule has 0 aliphatic carbocycles. The van der Waals surface area contributed by atoms with Gasteiger partial charge in [-0.15, -0.1) is 11.3 Å². The van der Waals surface area contributed by atoms with Crippen molar-refractivity contribution in [2.24, 2.45) is 0 Å². The van der Waals surface area contributed by atoms with Gasteiger partial charge in [-0.25, -0.2) is 0 Å². The van der Waals surface area contributed by atoms with E-state index in [1.165, 1.54) is 6.08 Å². The molecule has 3 rings (SSSR count). The number of furan rings is 1. The number of rotatable bonds is 6. The molecule has 5 nitrogen and oxygen atoms in total. The van der Waals surface area contributed by atoms with Crippen molar-refractivity contribution in [3.63, 3.8) is 0 Å². The van der Waals surface area contributed by atoms with Crippen LogP contribution >= 0.6 is 11.3 Å². The second kappa shape index (κ2) is 8.12. The zero-order valence-electron chi connectivity index (χ0n) is 13.3. The predicted octanol–water partition coefficient (Wildman–Crippen LogP) is 3.92. The van der Waals surface area contributed by atoms with Crippen LogP contribution in [0.15, 0.2) is 70.7 Å². The van der Waals surface area contributed by atoms with Crippen molar-refractivity contribution in [1.82, 2.24) is 5.32 Å². The van der Waals surface area contributed by atoms with E-state index in [9.17, 15) is 9.59 Å². The van der Waals surface area contributed by atoms with E-state index in [1.54, 1.807) is 60.1 Å². The molecule has 0 radical (unpaired) electrons. The molecule has 0 fully saturated rings. The third-order valence-corrected chi connectivity index (χ3v) is 4.21. The Morgan fingerprint density at radius 2 is 1.96 bits per heavy atom. The molecule has 2 N–H and O–H groups in total. The Labute approximate surface area is 149 Å². The van der Waals surface area contributed by atoms with Gasteiger partial charge < -0.3 is 15.1 Å². The second-order valence-corrected chi connectivity index (χ2v) is 6.12. The SMILES string of the molecule is O=C(/C=C/c1cccs1)Nc1ccccc1C(=O)NCc1ccco1. The van der Waals surface area contributed by atoms with Gasteiger partial charge in [0.2, 0.25) is 5.91 Å². The minimum Gasteiger partial charge on any atom is -0.467 e. The Balaban J connectivity index is 1.65. The van der Waals surface area contributed by atoms with E-state index in [1.807, 2.05) is 17.5 Å². The Morgan fingerprint density at radius 1 is 1.08 bits per heavy atom. The molecule has 126 valence electrons. The van der Waals surface area contributed by atoms with Crippen LogP contribution in [0.4, 0.5) is 5.69 Å². The van der Waals surface area contributed by atoms with E-state index in [4.69, 9.17) is 4.42 Å². The van der Waals surface area contributed by atoms with Gasteiger partial charge in [0.15, 0.2) is 0 Å². The molecule has 0 atom stereocenters. The van der Waals surface area contributed by atoms with Crippen LogP contribution in [0.2, 0.25) is 0 Å². The quantitative estimate of drug-likeness (QED) is 0.661. The Hall–Kier alpha value is -3.12. The number of hydrogen-bond donors (Lipinski definition) is 2. The van der Waals surface area contributed by atoms with E-state index in [0.717, 1.165) is 4.88 Å². The summed E-state index contributed by atoms with van der Waals surface area (Å²) in [6.45, 7) is 0.284. The van der Waals surface area contributed by atoms with Gasteiger partial charge in [0.1, 0.15) is 5.76 Å². The summed E-state index contributed by atoms with van der Waals surface area (Å²) < 4.78 is 5.19. The maximum atomic E-state index is 12.4. The van der Waals surface area contributed by atoms with Gasteiger partial charge in [-0.1, -0.05) is 18.2 Å². The first-order chi connectivity index (χ1) is 12.2. The van der Waals surface area contributed by atoms with Crippen LogP contribution in [0.25, 0.3) is 6.08 Å². The van der Waals surface area contributed by atoms with Crippen LogP contribution < -0.4 is 10.6 Å². The second-order valence-electron chi connectivity index (χ2n) is 5.15. The molecular weight excluding hydrogens is 336 g/mol. The van der Waals surface area contributed by atoms with Crippen LogP contribution in [0, 0.1) is 0 Å². The minimum absolute atomic E-state index is 0.283. The first kappa shape index (κ1) is 16.7. The fraction of sp³-hybridized carbons (Fsp3) is 0.0526. The normalized spacial score (nSPS) is 10.7. The molecule has 2 heterocycles. The molecule has 0 aliphatic heterocycles. The largest absolute Gasteiger partial charge is 0.467 e. The molecule has 0 aliphatic rings. The van der Waals surface area contributed by atoms with Crippen molar-refractivity contribution in [3.05, 3.63) is 82.5 Å². The third-order valence-electron chi connectivity index (χ3n) is 3.37. The van der Waals surface area contributed by atoms with Crippen LogP contribution in [-0.2, 0) is 11.3 Å². The summed E-state index contributed by atoms with van der Waals surface area (Å²) in [5.74, 6) is 0.0861. The molecule has 0 saturated carbocycles. The summed E-state index contributed by atoms with van der Waals surface area (Å²) in [7, 11) is 0. The number of para-hydroxylation sites is 1. The molecule has 0 saturated heterocycles. The number of hydrogen-bond acceptors (Lipinski definition) is 4. The number of amides is 2. The molecule has 25 heavy (non-hydrogen) atoms. The van der Waals surface area contributed by atoms with Gasteiger partial charge in [-0.3, -0.25) is 9.59 Å². The fourth-order valence-electron chi connectivity index (χ4n) is 2.18. The zero-order valence-corrected chi connectivity index (χ0v) is 14.1. The monoisotopic (exact) mass is 352 g/mol. The number of nitrogens with one attached hydrogen (secondary N) is 2. The Morgan fingerprint density at radius 3 is 2.72 bits per heavy atom. The highest BCUT2D eigenvalue weighted by molar-refractivity contribution is 7.10. The molecule has 0 unspecified atom stereocenters. The molecule has 3 aromatic rings. The topological polar surface area (TPSA) is 71.3 Å². The van der Waals surface area contributed by atoms with E-state index < -0.39 is 0 Å². The number of carbonyl (C=O) groups excluding carboxylic acids is 2. The Kier molecular flexibility index (Phi) is 5.43. The van der Waals surface area contributed by atoms with Crippen LogP contribution in [0.1, 0.15) is 21.0 Å². The summed E-state index contributed by atoms with van der Waals surface area (Å²) in [6, 6.07) is 14.2. The van der Waals surface area contributed by atoms with Crippen LogP contribution in [0.5, 0.6) is 0 Å². The highest BCUT2D eigenvalue weighted by atomic mass is 32.1. The number of anilines is 1. The lowest BCUT2D eigenvalue weighted by molar-refractivity contribution is -0.111. The maximum Gasteiger partial charge on any atom is 0.253 e. The maximum absolute atomic E-state index is 12.4. The van der Waals surface area contributed by atoms with Crippen molar-refractivity contribution in [2.45, 2.75) is 6.54 Å². The van der Waals surface area contributed by atoms with Gasteiger partial charge in [0, 0.05) is 11.0 Å². The first-order valence-corrected chi connectivity index (χ1v) is 8.52. The van der Waals surface area contributed by atoms with Gasteiger partial charge in [0.05, 0.1) is 24.1 Å². The standard InChI is InChI=1S/C19H16N2O3S/c22-18(10-9-15-6-4-12-25-15)21-17-8-2-1-7-16(17)19(23)20-13-14-5-3-11-24-14/h1-12H,13H2,(H,20,23)(H,21,22)/b10-9+. The van der Waals surface area contributed by atoms with E-state index in [-0.39, 0.29) is 18.4 Å². The average molecular weight is 352 g/mol. The molecule has 0 bridgehead atoms. The van der Waals surface area contributed by atoms with Gasteiger partial charge in [-0.05, 0) is 41.8 Å². The number of carbonyl (C=O) groups is 2. The van der Waals surface area contributed by atoms with Crippen molar-refractivity contribution in [3.8, 4) is 0 Å². The summed E-state index contributed by atoms with van der Waals surface area (Å²) in [5, 5.41) is 7.45. The molecular formula is C19H16N2O3S.